The normalized spacial score (nSPS) is 12.0. The summed E-state index contributed by atoms with van der Waals surface area (Å²) < 4.78 is 42.0. The van der Waals surface area contributed by atoms with Crippen molar-refractivity contribution in [2.75, 3.05) is 13.2 Å². The van der Waals surface area contributed by atoms with E-state index in [9.17, 15) is 22.8 Å². The summed E-state index contributed by atoms with van der Waals surface area (Å²) in [6.07, 6.45) is -2.10. The van der Waals surface area contributed by atoms with Gasteiger partial charge in [-0.05, 0) is 18.9 Å². The molecule has 0 aliphatic carbocycles. The number of aromatic nitrogens is 2. The Morgan fingerprint density at radius 2 is 2.04 bits per heavy atom. The molecule has 6 nitrogen and oxygen atoms in total. The van der Waals surface area contributed by atoms with Crippen molar-refractivity contribution in [2.24, 2.45) is 5.92 Å². The Bertz CT molecular complexity index is 654. The van der Waals surface area contributed by atoms with E-state index in [1.54, 1.807) is 16.9 Å². The Labute approximate surface area is 148 Å². The van der Waals surface area contributed by atoms with Gasteiger partial charge in [0.2, 0.25) is 0 Å². The van der Waals surface area contributed by atoms with Gasteiger partial charge in [-0.1, -0.05) is 25.4 Å². The van der Waals surface area contributed by atoms with Gasteiger partial charge in [0, 0.05) is 18.2 Å². The van der Waals surface area contributed by atoms with Crippen LogP contribution in [-0.4, -0.2) is 41.0 Å². The van der Waals surface area contributed by atoms with Crippen LogP contribution in [0.5, 0.6) is 0 Å². The van der Waals surface area contributed by atoms with Gasteiger partial charge in [0.15, 0.2) is 6.61 Å². The number of hydrogen-bond donors (Lipinski definition) is 1. The maximum absolute atomic E-state index is 11.9. The molecule has 0 saturated heterocycles. The third-order valence-corrected chi connectivity index (χ3v) is 3.26. The number of halogens is 4. The van der Waals surface area contributed by atoms with Gasteiger partial charge in [-0.25, -0.2) is 4.79 Å². The number of aryl methyl sites for hydroxylation is 1. The van der Waals surface area contributed by atoms with Crippen molar-refractivity contribution in [3.8, 4) is 0 Å². The highest BCUT2D eigenvalue weighted by molar-refractivity contribution is 6.31. The van der Waals surface area contributed by atoms with Crippen LogP contribution in [0.15, 0.2) is 6.08 Å². The van der Waals surface area contributed by atoms with Crippen molar-refractivity contribution >= 4 is 29.6 Å². The van der Waals surface area contributed by atoms with E-state index in [0.29, 0.717) is 28.9 Å². The van der Waals surface area contributed by atoms with Crippen molar-refractivity contribution in [2.45, 2.75) is 33.5 Å². The molecule has 1 amide bonds. The molecule has 140 valence electrons. The fourth-order valence-corrected chi connectivity index (χ4v) is 2.12. The second-order valence-electron chi connectivity index (χ2n) is 5.70. The zero-order chi connectivity index (χ0) is 19.2. The number of hydrogen-bond acceptors (Lipinski definition) is 4. The minimum atomic E-state index is -4.52. The molecule has 0 saturated carbocycles. The maximum Gasteiger partial charge on any atom is 0.405 e. The van der Waals surface area contributed by atoms with Crippen LogP contribution in [-0.2, 0) is 20.9 Å². The highest BCUT2D eigenvalue weighted by Crippen LogP contribution is 2.22. The third kappa shape index (κ3) is 7.59. The predicted octanol–water partition coefficient (Wildman–Crippen LogP) is 2.74. The molecule has 10 heteroatoms. The number of amides is 1. The maximum atomic E-state index is 11.9. The van der Waals surface area contributed by atoms with E-state index in [1.165, 1.54) is 6.08 Å². The van der Waals surface area contributed by atoms with Crippen molar-refractivity contribution in [3.05, 3.63) is 22.5 Å². The van der Waals surface area contributed by atoms with Crippen LogP contribution in [0.4, 0.5) is 13.2 Å². The van der Waals surface area contributed by atoms with Crippen LogP contribution in [0.2, 0.25) is 5.15 Å². The van der Waals surface area contributed by atoms with Crippen LogP contribution < -0.4 is 5.32 Å². The standard InChI is InChI=1S/C15H19ClF3N3O3/c1-9(2)6-22-14(16)11(10(3)21-22)4-5-13(24)25-7-12(23)20-8-15(17,18)19/h4-5,9H,6-8H2,1-3H3,(H,20,23)/b5-4+. The molecular formula is C15H19ClF3N3O3. The van der Waals surface area contributed by atoms with E-state index in [2.05, 4.69) is 9.84 Å². The Morgan fingerprint density at radius 3 is 2.60 bits per heavy atom. The first-order valence-electron chi connectivity index (χ1n) is 7.40. The highest BCUT2D eigenvalue weighted by atomic mass is 35.5. The predicted molar refractivity (Wildman–Crippen MR) is 85.9 cm³/mol. The fourth-order valence-electron chi connectivity index (χ4n) is 1.81. The third-order valence-electron chi connectivity index (χ3n) is 2.87. The van der Waals surface area contributed by atoms with Gasteiger partial charge in [-0.3, -0.25) is 9.48 Å². The van der Waals surface area contributed by atoms with Crippen LogP contribution in [0.3, 0.4) is 0 Å². The summed E-state index contributed by atoms with van der Waals surface area (Å²) in [7, 11) is 0. The number of carbonyl (C=O) groups is 2. The van der Waals surface area contributed by atoms with E-state index in [1.807, 2.05) is 13.8 Å². The molecule has 1 N–H and O–H groups in total. The molecule has 1 heterocycles. The van der Waals surface area contributed by atoms with E-state index in [4.69, 9.17) is 11.6 Å². The minimum absolute atomic E-state index is 0.328. The van der Waals surface area contributed by atoms with Crippen LogP contribution in [0, 0.1) is 12.8 Å². The van der Waals surface area contributed by atoms with Crippen molar-refractivity contribution in [1.29, 1.82) is 0 Å². The molecule has 0 radical (unpaired) electrons. The van der Waals surface area contributed by atoms with Gasteiger partial charge < -0.3 is 10.1 Å². The molecule has 0 aromatic carbocycles. The molecule has 0 atom stereocenters. The summed E-state index contributed by atoms with van der Waals surface area (Å²) >= 11 is 6.20. The smallest absolute Gasteiger partial charge is 0.405 e. The molecule has 0 spiro atoms. The van der Waals surface area contributed by atoms with Gasteiger partial charge in [-0.15, -0.1) is 0 Å². The number of alkyl halides is 3. The average molecular weight is 382 g/mol. The van der Waals surface area contributed by atoms with Gasteiger partial charge >= 0.3 is 12.1 Å². The number of nitrogens with one attached hydrogen (secondary N) is 1. The average Bonchev–Trinajstić information content (AvgIpc) is 2.73. The van der Waals surface area contributed by atoms with E-state index in [-0.39, 0.29) is 0 Å². The summed E-state index contributed by atoms with van der Waals surface area (Å²) in [6, 6.07) is 0. The molecule has 1 rings (SSSR count). The first-order chi connectivity index (χ1) is 11.5. The number of rotatable bonds is 7. The SMILES string of the molecule is Cc1nn(CC(C)C)c(Cl)c1/C=C/C(=O)OCC(=O)NCC(F)(F)F. The molecule has 1 aromatic rings. The summed E-state index contributed by atoms with van der Waals surface area (Å²) in [5.41, 5.74) is 1.14. The quantitative estimate of drug-likeness (QED) is 0.582. The molecular weight excluding hydrogens is 363 g/mol. The Balaban J connectivity index is 2.57. The first kappa shape index (κ1) is 21.0. The summed E-state index contributed by atoms with van der Waals surface area (Å²) in [4.78, 5) is 22.7. The Kier molecular flexibility index (Phi) is 7.47. The van der Waals surface area contributed by atoms with Crippen molar-refractivity contribution in [3.63, 3.8) is 0 Å². The first-order valence-corrected chi connectivity index (χ1v) is 7.78. The van der Waals surface area contributed by atoms with Crippen LogP contribution in [0.1, 0.15) is 25.1 Å². The molecule has 0 aliphatic rings. The lowest BCUT2D eigenvalue weighted by Crippen LogP contribution is -2.36. The highest BCUT2D eigenvalue weighted by Gasteiger charge is 2.27. The van der Waals surface area contributed by atoms with Crippen LogP contribution >= 0.6 is 11.6 Å². The monoisotopic (exact) mass is 381 g/mol. The molecule has 1 aromatic heterocycles. The number of carbonyl (C=O) groups excluding carboxylic acids is 2. The summed E-state index contributed by atoms with van der Waals surface area (Å²) in [6.45, 7) is 4.05. The number of nitrogens with zero attached hydrogens (tertiary/aromatic N) is 2. The number of esters is 1. The van der Waals surface area contributed by atoms with E-state index in [0.717, 1.165) is 6.08 Å². The zero-order valence-electron chi connectivity index (χ0n) is 14.0. The van der Waals surface area contributed by atoms with Gasteiger partial charge in [-0.2, -0.15) is 18.3 Å². The Morgan fingerprint density at radius 1 is 1.40 bits per heavy atom. The molecule has 0 bridgehead atoms. The van der Waals surface area contributed by atoms with E-state index >= 15 is 0 Å². The van der Waals surface area contributed by atoms with Gasteiger partial charge in [0.25, 0.3) is 5.91 Å². The van der Waals surface area contributed by atoms with Gasteiger partial charge in [0.1, 0.15) is 11.7 Å². The van der Waals surface area contributed by atoms with Crippen LogP contribution in [0.25, 0.3) is 6.08 Å². The Hall–Kier alpha value is -2.03. The summed E-state index contributed by atoms with van der Waals surface area (Å²) in [5.74, 6) is -1.60. The van der Waals surface area contributed by atoms with E-state index < -0.39 is 31.2 Å². The second kappa shape index (κ2) is 8.89. The lowest BCUT2D eigenvalue weighted by molar-refractivity contribution is -0.148. The largest absolute Gasteiger partial charge is 0.452 e. The lowest BCUT2D eigenvalue weighted by atomic mass is 10.2. The van der Waals surface area contributed by atoms with Crippen molar-refractivity contribution in [1.82, 2.24) is 15.1 Å². The molecule has 0 unspecified atom stereocenters. The van der Waals surface area contributed by atoms with Crippen molar-refractivity contribution < 1.29 is 27.5 Å². The summed E-state index contributed by atoms with van der Waals surface area (Å²) in [5, 5.41) is 6.21. The number of ether oxygens (including phenoxy) is 1. The molecule has 0 aliphatic heterocycles. The molecule has 0 fully saturated rings. The fraction of sp³-hybridized carbons (Fsp3) is 0.533. The minimum Gasteiger partial charge on any atom is -0.452 e. The zero-order valence-corrected chi connectivity index (χ0v) is 14.7. The molecule has 25 heavy (non-hydrogen) atoms. The second-order valence-corrected chi connectivity index (χ2v) is 6.06. The van der Waals surface area contributed by atoms with Gasteiger partial charge in [0.05, 0.1) is 5.69 Å². The lowest BCUT2D eigenvalue weighted by Gasteiger charge is -2.07. The topological polar surface area (TPSA) is 73.2 Å².